The zero-order valence-electron chi connectivity index (χ0n) is 12.6. The van der Waals surface area contributed by atoms with Crippen LogP contribution in [0.3, 0.4) is 0 Å². The van der Waals surface area contributed by atoms with Crippen LogP contribution in [0.5, 0.6) is 0 Å². The van der Waals surface area contributed by atoms with Crippen molar-refractivity contribution in [2.45, 2.75) is 24.7 Å². The largest absolute Gasteiger partial charge is 0.378 e. The second-order valence-electron chi connectivity index (χ2n) is 5.91. The number of benzene rings is 1. The van der Waals surface area contributed by atoms with E-state index in [4.69, 9.17) is 10.5 Å². The highest BCUT2D eigenvalue weighted by molar-refractivity contribution is 14.0. The molecule has 4 nitrogen and oxygen atoms in total. The van der Waals surface area contributed by atoms with Gasteiger partial charge in [0.15, 0.2) is 5.96 Å². The molecule has 0 aromatic heterocycles. The van der Waals surface area contributed by atoms with E-state index in [1.165, 1.54) is 24.1 Å². The van der Waals surface area contributed by atoms with Gasteiger partial charge in [0.2, 0.25) is 0 Å². The van der Waals surface area contributed by atoms with Crippen LogP contribution in [0.2, 0.25) is 0 Å². The Morgan fingerprint density at radius 1 is 1.23 bits per heavy atom. The van der Waals surface area contributed by atoms with Crippen molar-refractivity contribution in [3.63, 3.8) is 0 Å². The number of guanidine groups is 1. The normalized spacial score (nSPS) is 21.0. The Morgan fingerprint density at radius 2 is 1.86 bits per heavy atom. The maximum atomic E-state index is 13.1. The predicted molar refractivity (Wildman–Crippen MR) is 96.2 cm³/mol. The number of halogens is 2. The average Bonchev–Trinajstić information content (AvgIpc) is 2.48. The molecule has 0 radical (unpaired) electrons. The van der Waals surface area contributed by atoms with Crippen molar-refractivity contribution in [2.24, 2.45) is 10.7 Å². The van der Waals surface area contributed by atoms with Gasteiger partial charge in [0.25, 0.3) is 0 Å². The molecule has 1 saturated heterocycles. The first kappa shape index (κ1) is 17.5. The first-order valence-corrected chi connectivity index (χ1v) is 7.58. The van der Waals surface area contributed by atoms with E-state index in [0.717, 1.165) is 25.9 Å². The number of nitrogens with two attached hydrogens (primary N) is 1. The molecule has 3 rings (SSSR count). The van der Waals surface area contributed by atoms with Gasteiger partial charge < -0.3 is 15.4 Å². The maximum Gasteiger partial charge on any atom is 0.191 e. The van der Waals surface area contributed by atoms with Crippen LogP contribution in [-0.4, -0.2) is 43.7 Å². The number of morpholine rings is 1. The minimum absolute atomic E-state index is 0. The van der Waals surface area contributed by atoms with Crippen LogP contribution in [0.15, 0.2) is 29.3 Å². The number of hydrogen-bond donors (Lipinski definition) is 1. The lowest BCUT2D eigenvalue weighted by molar-refractivity contribution is 0.0673. The summed E-state index contributed by atoms with van der Waals surface area (Å²) in [6, 6.07) is 6.83. The van der Waals surface area contributed by atoms with Gasteiger partial charge in [0.1, 0.15) is 5.82 Å². The molecule has 1 heterocycles. The van der Waals surface area contributed by atoms with Gasteiger partial charge in [-0.05, 0) is 30.5 Å². The highest BCUT2D eigenvalue weighted by Gasteiger charge is 2.38. The molecule has 0 atom stereocenters. The van der Waals surface area contributed by atoms with E-state index in [1.54, 1.807) is 0 Å². The Bertz CT molecular complexity index is 511. The molecule has 1 aliphatic carbocycles. The number of hydrogen-bond acceptors (Lipinski definition) is 2. The van der Waals surface area contributed by atoms with E-state index in [9.17, 15) is 4.39 Å². The quantitative estimate of drug-likeness (QED) is 0.466. The van der Waals surface area contributed by atoms with E-state index in [2.05, 4.69) is 9.89 Å². The Morgan fingerprint density at radius 3 is 2.41 bits per heavy atom. The molecule has 1 aromatic carbocycles. The monoisotopic (exact) mass is 419 g/mol. The van der Waals surface area contributed by atoms with Gasteiger partial charge in [-0.3, -0.25) is 4.99 Å². The Balaban J connectivity index is 0.00000176. The van der Waals surface area contributed by atoms with Crippen molar-refractivity contribution < 1.29 is 9.13 Å². The summed E-state index contributed by atoms with van der Waals surface area (Å²) < 4.78 is 18.4. The highest BCUT2D eigenvalue weighted by atomic mass is 127. The number of rotatable bonds is 3. The third kappa shape index (κ3) is 3.71. The zero-order valence-corrected chi connectivity index (χ0v) is 15.0. The molecule has 2 N–H and O–H groups in total. The maximum absolute atomic E-state index is 13.1. The third-order valence-corrected chi connectivity index (χ3v) is 4.65. The van der Waals surface area contributed by atoms with Gasteiger partial charge >= 0.3 is 0 Å². The van der Waals surface area contributed by atoms with Crippen LogP contribution in [0, 0.1) is 5.82 Å². The molecule has 1 aliphatic heterocycles. The first-order chi connectivity index (χ1) is 10.2. The molecule has 6 heteroatoms. The fourth-order valence-electron chi connectivity index (χ4n) is 3.07. The molecule has 2 aliphatic rings. The van der Waals surface area contributed by atoms with Crippen LogP contribution < -0.4 is 5.73 Å². The van der Waals surface area contributed by atoms with Crippen LogP contribution >= 0.6 is 24.0 Å². The van der Waals surface area contributed by atoms with E-state index in [0.29, 0.717) is 25.7 Å². The number of aliphatic imine (C=N–C) groups is 1. The number of ether oxygens (including phenoxy) is 1. The zero-order chi connectivity index (χ0) is 14.7. The summed E-state index contributed by atoms with van der Waals surface area (Å²) in [5.41, 5.74) is 7.32. The average molecular weight is 419 g/mol. The molecule has 122 valence electrons. The van der Waals surface area contributed by atoms with E-state index < -0.39 is 0 Å². The molecule has 2 fully saturated rings. The molecule has 0 bridgehead atoms. The van der Waals surface area contributed by atoms with Crippen molar-refractivity contribution >= 4 is 29.9 Å². The molecule has 0 unspecified atom stereocenters. The summed E-state index contributed by atoms with van der Waals surface area (Å²) in [7, 11) is 0. The molecule has 1 saturated carbocycles. The van der Waals surface area contributed by atoms with Gasteiger partial charge in [0, 0.05) is 18.5 Å². The first-order valence-electron chi connectivity index (χ1n) is 7.58. The number of nitrogens with zero attached hydrogens (tertiary/aromatic N) is 2. The van der Waals surface area contributed by atoms with Crippen LogP contribution in [0.25, 0.3) is 0 Å². The summed E-state index contributed by atoms with van der Waals surface area (Å²) in [6.07, 6.45) is 3.39. The van der Waals surface area contributed by atoms with Crippen LogP contribution in [0.1, 0.15) is 24.8 Å². The summed E-state index contributed by atoms with van der Waals surface area (Å²) in [6.45, 7) is 3.71. The minimum Gasteiger partial charge on any atom is -0.378 e. The van der Waals surface area contributed by atoms with Crippen molar-refractivity contribution in [3.05, 3.63) is 35.6 Å². The van der Waals surface area contributed by atoms with Gasteiger partial charge in [0.05, 0.1) is 19.8 Å². The second-order valence-corrected chi connectivity index (χ2v) is 5.91. The van der Waals surface area contributed by atoms with Crippen molar-refractivity contribution in [2.75, 3.05) is 32.8 Å². The van der Waals surface area contributed by atoms with Gasteiger partial charge in [-0.25, -0.2) is 4.39 Å². The van der Waals surface area contributed by atoms with Crippen LogP contribution in [0.4, 0.5) is 4.39 Å². The summed E-state index contributed by atoms with van der Waals surface area (Å²) in [5.74, 6) is 0.413. The lowest BCUT2D eigenvalue weighted by Crippen LogP contribution is -2.46. The Labute approximate surface area is 147 Å². The lowest BCUT2D eigenvalue weighted by atomic mass is 9.64. The minimum atomic E-state index is -0.190. The molecule has 22 heavy (non-hydrogen) atoms. The summed E-state index contributed by atoms with van der Waals surface area (Å²) in [4.78, 5) is 6.68. The van der Waals surface area contributed by atoms with Gasteiger partial charge in [-0.2, -0.15) is 0 Å². The van der Waals surface area contributed by atoms with E-state index in [-0.39, 0.29) is 35.2 Å². The molecule has 1 aromatic rings. The second kappa shape index (κ2) is 7.59. The molecule has 0 amide bonds. The standard InChI is InChI=1S/C16H22FN3O.HI/c17-14-4-2-13(3-5-14)16(6-1-7-16)12-19-15(18)20-8-10-21-11-9-20;/h2-5H,1,6-12H2,(H2,18,19);1H. The van der Waals surface area contributed by atoms with Gasteiger partial charge in [-0.1, -0.05) is 18.6 Å². The Kier molecular flexibility index (Phi) is 6.02. The smallest absolute Gasteiger partial charge is 0.191 e. The van der Waals surface area contributed by atoms with E-state index >= 15 is 0 Å². The van der Waals surface area contributed by atoms with Gasteiger partial charge in [-0.15, -0.1) is 24.0 Å². The topological polar surface area (TPSA) is 50.8 Å². The summed E-state index contributed by atoms with van der Waals surface area (Å²) in [5, 5.41) is 0. The molecular weight excluding hydrogens is 396 g/mol. The van der Waals surface area contributed by atoms with Crippen LogP contribution in [-0.2, 0) is 10.2 Å². The van der Waals surface area contributed by atoms with Crippen molar-refractivity contribution in [1.29, 1.82) is 0 Å². The Hall–Kier alpha value is -0.890. The lowest BCUT2D eigenvalue weighted by Gasteiger charge is -2.41. The third-order valence-electron chi connectivity index (χ3n) is 4.65. The predicted octanol–water partition coefficient (Wildman–Crippen LogP) is 2.51. The summed E-state index contributed by atoms with van der Waals surface area (Å²) >= 11 is 0. The fraction of sp³-hybridized carbons (Fsp3) is 0.562. The molecular formula is C16H23FIN3O. The van der Waals surface area contributed by atoms with E-state index in [1.807, 2.05) is 12.1 Å². The molecule has 0 spiro atoms. The van der Waals surface area contributed by atoms with Crippen molar-refractivity contribution in [3.8, 4) is 0 Å². The SMILES string of the molecule is I.NC(=NCC1(c2ccc(F)cc2)CCC1)N1CCOCC1. The highest BCUT2D eigenvalue weighted by Crippen LogP contribution is 2.44. The van der Waals surface area contributed by atoms with Crippen molar-refractivity contribution in [1.82, 2.24) is 4.90 Å². The fourth-order valence-corrected chi connectivity index (χ4v) is 3.07.